The Morgan fingerprint density at radius 2 is 1.87 bits per heavy atom. The van der Waals surface area contributed by atoms with Crippen molar-refractivity contribution >= 4 is 0 Å². The van der Waals surface area contributed by atoms with Crippen LogP contribution in [0.4, 0.5) is 0 Å². The Hall–Kier alpha value is -0.260. The quantitative estimate of drug-likeness (QED) is 0.507. The molecule has 84 valence electrons. The third kappa shape index (κ3) is 1.20. The molecule has 0 nitrogen and oxygen atoms in total. The maximum atomic E-state index is 2.55. The lowest BCUT2D eigenvalue weighted by Gasteiger charge is -2.53. The van der Waals surface area contributed by atoms with Gasteiger partial charge in [-0.15, -0.1) is 0 Å². The zero-order valence-electron chi connectivity index (χ0n) is 10.7. The zero-order chi connectivity index (χ0) is 10.8. The van der Waals surface area contributed by atoms with Gasteiger partial charge in [0.2, 0.25) is 0 Å². The van der Waals surface area contributed by atoms with Gasteiger partial charge in [0.1, 0.15) is 0 Å². The van der Waals surface area contributed by atoms with E-state index in [1.165, 1.54) is 32.1 Å². The number of hydrogen-bond acceptors (Lipinski definition) is 0. The Morgan fingerprint density at radius 1 is 1.13 bits per heavy atom. The van der Waals surface area contributed by atoms with Crippen LogP contribution in [0.25, 0.3) is 0 Å². The average molecular weight is 204 g/mol. The first-order valence-electron chi connectivity index (χ1n) is 6.61. The van der Waals surface area contributed by atoms with Crippen molar-refractivity contribution in [1.29, 1.82) is 0 Å². The topological polar surface area (TPSA) is 0 Å². The van der Waals surface area contributed by atoms with Gasteiger partial charge >= 0.3 is 0 Å². The van der Waals surface area contributed by atoms with Crippen molar-refractivity contribution in [2.75, 3.05) is 0 Å². The Labute approximate surface area is 94.1 Å². The Balaban J connectivity index is 1.98. The van der Waals surface area contributed by atoms with E-state index < -0.39 is 0 Å². The molecule has 0 spiro atoms. The van der Waals surface area contributed by atoms with Crippen LogP contribution in [0.1, 0.15) is 59.8 Å². The number of allylic oxidation sites excluding steroid dienone is 2. The van der Waals surface area contributed by atoms with Crippen molar-refractivity contribution in [2.45, 2.75) is 59.8 Å². The van der Waals surface area contributed by atoms with Gasteiger partial charge in [0, 0.05) is 0 Å². The first-order valence-corrected chi connectivity index (χ1v) is 6.61. The smallest absolute Gasteiger partial charge is 0.00796 e. The highest BCUT2D eigenvalue weighted by atomic mass is 14.6. The summed E-state index contributed by atoms with van der Waals surface area (Å²) in [7, 11) is 0. The second kappa shape index (κ2) is 2.70. The molecule has 0 saturated heterocycles. The van der Waals surface area contributed by atoms with E-state index in [-0.39, 0.29) is 0 Å². The molecule has 2 fully saturated rings. The van der Waals surface area contributed by atoms with E-state index >= 15 is 0 Å². The van der Waals surface area contributed by atoms with Crippen LogP contribution in [0.5, 0.6) is 0 Å². The fourth-order valence-corrected chi connectivity index (χ4v) is 4.93. The van der Waals surface area contributed by atoms with Crippen LogP contribution in [-0.2, 0) is 0 Å². The molecular weight excluding hydrogens is 180 g/mol. The molecule has 0 aromatic carbocycles. The molecule has 0 amide bonds. The van der Waals surface area contributed by atoms with Gasteiger partial charge in [-0.3, -0.25) is 0 Å². The molecule has 0 N–H and O–H groups in total. The van der Waals surface area contributed by atoms with Gasteiger partial charge in [-0.2, -0.15) is 0 Å². The number of fused-ring (bicyclic) bond motifs is 3. The molecule has 0 heteroatoms. The minimum Gasteiger partial charge on any atom is -0.0733 e. The molecular formula is C15H24. The maximum absolute atomic E-state index is 2.55. The van der Waals surface area contributed by atoms with Gasteiger partial charge in [0.15, 0.2) is 0 Å². The Kier molecular flexibility index (Phi) is 1.79. The number of rotatable bonds is 0. The first kappa shape index (κ1) is 9.93. The minimum atomic E-state index is 0.615. The second-order valence-electron chi connectivity index (χ2n) is 7.32. The monoisotopic (exact) mass is 204 g/mol. The van der Waals surface area contributed by atoms with E-state index in [1.54, 1.807) is 5.57 Å². The van der Waals surface area contributed by atoms with Crippen LogP contribution in [0.2, 0.25) is 0 Å². The summed E-state index contributed by atoms with van der Waals surface area (Å²) in [6.45, 7) is 9.90. The average Bonchev–Trinajstić information content (AvgIpc) is 2.36. The van der Waals surface area contributed by atoms with Gasteiger partial charge in [-0.05, 0) is 61.7 Å². The molecule has 0 aliphatic heterocycles. The molecule has 0 radical (unpaired) electrons. The second-order valence-corrected chi connectivity index (χ2v) is 7.32. The summed E-state index contributed by atoms with van der Waals surface area (Å²) in [5.74, 6) is 2.02. The standard InChI is InChI=1S/C15H24/c1-10-7-11-8-14(2,3)9-13(11)15(4)6-5-12(10)15/h11,13H,5-9H2,1-4H3/t11-,13+,15+/m1/s1. The predicted octanol–water partition coefficient (Wildman–Crippen LogP) is 4.56. The summed E-state index contributed by atoms with van der Waals surface area (Å²) in [6, 6.07) is 0. The fourth-order valence-electron chi connectivity index (χ4n) is 4.93. The van der Waals surface area contributed by atoms with E-state index in [0.29, 0.717) is 10.8 Å². The van der Waals surface area contributed by atoms with Gasteiger partial charge in [-0.25, -0.2) is 0 Å². The van der Waals surface area contributed by atoms with Crippen molar-refractivity contribution in [3.05, 3.63) is 11.1 Å². The summed E-state index contributed by atoms with van der Waals surface area (Å²) in [6.07, 6.45) is 7.24. The lowest BCUT2D eigenvalue weighted by Crippen LogP contribution is -2.42. The fraction of sp³-hybridized carbons (Fsp3) is 0.867. The van der Waals surface area contributed by atoms with E-state index in [4.69, 9.17) is 0 Å². The third-order valence-electron chi connectivity index (χ3n) is 5.64. The lowest BCUT2D eigenvalue weighted by atomic mass is 9.51. The predicted molar refractivity (Wildman–Crippen MR) is 64.7 cm³/mol. The summed E-state index contributed by atoms with van der Waals surface area (Å²) >= 11 is 0. The number of hydrogen-bond donors (Lipinski definition) is 0. The molecule has 0 heterocycles. The summed E-state index contributed by atoms with van der Waals surface area (Å²) in [5, 5.41) is 0. The van der Waals surface area contributed by atoms with Crippen LogP contribution in [0, 0.1) is 22.7 Å². The van der Waals surface area contributed by atoms with Crippen molar-refractivity contribution < 1.29 is 0 Å². The first-order chi connectivity index (χ1) is 6.92. The van der Waals surface area contributed by atoms with Crippen LogP contribution >= 0.6 is 0 Å². The highest BCUT2D eigenvalue weighted by molar-refractivity contribution is 5.33. The van der Waals surface area contributed by atoms with Crippen LogP contribution < -0.4 is 0 Å². The van der Waals surface area contributed by atoms with E-state index in [0.717, 1.165) is 11.8 Å². The lowest BCUT2D eigenvalue weighted by molar-refractivity contribution is 0.0947. The molecule has 0 aromatic rings. The highest BCUT2D eigenvalue weighted by Crippen LogP contribution is 2.65. The largest absolute Gasteiger partial charge is 0.0733 e. The molecule has 3 rings (SSSR count). The highest BCUT2D eigenvalue weighted by Gasteiger charge is 2.55. The molecule has 15 heavy (non-hydrogen) atoms. The third-order valence-corrected chi connectivity index (χ3v) is 5.64. The molecule has 2 saturated carbocycles. The molecule has 0 bridgehead atoms. The van der Waals surface area contributed by atoms with E-state index in [2.05, 4.69) is 27.7 Å². The van der Waals surface area contributed by atoms with Crippen molar-refractivity contribution in [3.8, 4) is 0 Å². The molecule has 0 unspecified atom stereocenters. The zero-order valence-corrected chi connectivity index (χ0v) is 10.7. The van der Waals surface area contributed by atoms with Gasteiger partial charge in [0.25, 0.3) is 0 Å². The normalized spacial score (nSPS) is 47.2. The summed E-state index contributed by atoms with van der Waals surface area (Å²) in [4.78, 5) is 0. The molecule has 3 aliphatic carbocycles. The molecule has 0 aromatic heterocycles. The van der Waals surface area contributed by atoms with Gasteiger partial charge in [0.05, 0.1) is 0 Å². The molecule has 3 atom stereocenters. The van der Waals surface area contributed by atoms with Crippen molar-refractivity contribution in [1.82, 2.24) is 0 Å². The molecule has 3 aliphatic rings. The minimum absolute atomic E-state index is 0.615. The van der Waals surface area contributed by atoms with Crippen molar-refractivity contribution in [2.24, 2.45) is 22.7 Å². The van der Waals surface area contributed by atoms with E-state index in [1.807, 2.05) is 5.57 Å². The SMILES string of the molecule is CC1=C2CC[C@]2(C)[C@H]2CC(C)(C)C[C@H]2C1. The summed E-state index contributed by atoms with van der Waals surface area (Å²) < 4.78 is 0. The van der Waals surface area contributed by atoms with Crippen LogP contribution in [0.15, 0.2) is 11.1 Å². The Morgan fingerprint density at radius 3 is 2.47 bits per heavy atom. The Bertz CT molecular complexity index is 334. The maximum Gasteiger partial charge on any atom is -0.00796 e. The summed E-state index contributed by atoms with van der Waals surface area (Å²) in [5.41, 5.74) is 4.84. The van der Waals surface area contributed by atoms with Gasteiger partial charge < -0.3 is 0 Å². The van der Waals surface area contributed by atoms with Crippen LogP contribution in [-0.4, -0.2) is 0 Å². The van der Waals surface area contributed by atoms with Gasteiger partial charge in [-0.1, -0.05) is 31.9 Å². The van der Waals surface area contributed by atoms with E-state index in [9.17, 15) is 0 Å². The van der Waals surface area contributed by atoms with Crippen molar-refractivity contribution in [3.63, 3.8) is 0 Å². The van der Waals surface area contributed by atoms with Crippen LogP contribution in [0.3, 0.4) is 0 Å².